The molecule has 0 unspecified atom stereocenters. The lowest BCUT2D eigenvalue weighted by Crippen LogP contribution is -2.39. The summed E-state index contributed by atoms with van der Waals surface area (Å²) in [7, 11) is 0. The van der Waals surface area contributed by atoms with Crippen LogP contribution in [0.25, 0.3) is 0 Å². The molecule has 5 rings (SSSR count). The molecule has 0 spiro atoms. The number of hydrogen-bond donors (Lipinski definition) is 0. The Bertz CT molecular complexity index is 928. The van der Waals surface area contributed by atoms with Gasteiger partial charge in [0.05, 0.1) is 6.61 Å². The van der Waals surface area contributed by atoms with E-state index in [4.69, 9.17) is 18.9 Å². The monoisotopic (exact) mass is 409 g/mol. The number of amides is 1. The predicted molar refractivity (Wildman–Crippen MR) is 110 cm³/mol. The highest BCUT2D eigenvalue weighted by molar-refractivity contribution is 5.83. The molecule has 158 valence electrons. The smallest absolute Gasteiger partial charge is 0.231 e. The Kier molecular flexibility index (Phi) is 4.91. The molecule has 0 bridgehead atoms. The Morgan fingerprint density at radius 3 is 2.67 bits per heavy atom. The summed E-state index contributed by atoms with van der Waals surface area (Å²) in [5.41, 5.74) is 2.25. The van der Waals surface area contributed by atoms with E-state index in [9.17, 15) is 4.79 Å². The highest BCUT2D eigenvalue weighted by Gasteiger charge is 2.46. The first-order valence-electron chi connectivity index (χ1n) is 10.5. The minimum atomic E-state index is -0.607. The fraction of sp³-hybridized carbons (Fsp3) is 0.458. The average Bonchev–Trinajstić information content (AvgIpc) is 3.27. The van der Waals surface area contributed by atoms with E-state index in [-0.39, 0.29) is 24.7 Å². The van der Waals surface area contributed by atoms with E-state index in [0.717, 1.165) is 23.5 Å². The first kappa shape index (κ1) is 19.4. The Labute approximate surface area is 176 Å². The van der Waals surface area contributed by atoms with Crippen molar-refractivity contribution in [3.05, 3.63) is 59.7 Å². The Hall–Kier alpha value is -2.57. The van der Waals surface area contributed by atoms with Gasteiger partial charge in [0, 0.05) is 19.0 Å². The molecule has 1 saturated heterocycles. The highest BCUT2D eigenvalue weighted by atomic mass is 16.7. The fourth-order valence-corrected chi connectivity index (χ4v) is 4.36. The van der Waals surface area contributed by atoms with E-state index in [2.05, 4.69) is 12.1 Å². The minimum Gasteiger partial charge on any atom is -0.454 e. The molecule has 2 aliphatic heterocycles. The van der Waals surface area contributed by atoms with Gasteiger partial charge < -0.3 is 23.8 Å². The van der Waals surface area contributed by atoms with Crippen LogP contribution >= 0.6 is 0 Å². The highest BCUT2D eigenvalue weighted by Crippen LogP contribution is 2.48. The van der Waals surface area contributed by atoms with Gasteiger partial charge in [-0.25, -0.2) is 0 Å². The second-order valence-corrected chi connectivity index (χ2v) is 8.72. The van der Waals surface area contributed by atoms with E-state index in [0.29, 0.717) is 25.6 Å². The van der Waals surface area contributed by atoms with Crippen LogP contribution in [0.2, 0.25) is 0 Å². The molecule has 0 radical (unpaired) electrons. The number of benzene rings is 2. The van der Waals surface area contributed by atoms with Crippen molar-refractivity contribution < 1.29 is 23.7 Å². The molecule has 1 aliphatic carbocycles. The third kappa shape index (κ3) is 4.02. The van der Waals surface area contributed by atoms with Crippen molar-refractivity contribution in [1.29, 1.82) is 0 Å². The van der Waals surface area contributed by atoms with E-state index >= 15 is 0 Å². The Balaban J connectivity index is 1.32. The maximum atomic E-state index is 13.5. The summed E-state index contributed by atoms with van der Waals surface area (Å²) in [6, 6.07) is 16.1. The number of carbonyl (C=O) groups is 1. The topological polar surface area (TPSA) is 57.2 Å². The van der Waals surface area contributed by atoms with Gasteiger partial charge in [-0.15, -0.1) is 0 Å². The zero-order valence-corrected chi connectivity index (χ0v) is 17.4. The molecule has 0 N–H and O–H groups in total. The van der Waals surface area contributed by atoms with Gasteiger partial charge in [-0.1, -0.05) is 36.4 Å². The lowest BCUT2D eigenvalue weighted by Gasteiger charge is -2.26. The zero-order valence-electron chi connectivity index (χ0n) is 17.4. The summed E-state index contributed by atoms with van der Waals surface area (Å²) >= 11 is 0. The first-order valence-corrected chi connectivity index (χ1v) is 10.5. The van der Waals surface area contributed by atoms with Crippen LogP contribution in [0.3, 0.4) is 0 Å². The van der Waals surface area contributed by atoms with Crippen molar-refractivity contribution in [2.45, 2.75) is 44.6 Å². The predicted octanol–water partition coefficient (Wildman–Crippen LogP) is 3.70. The lowest BCUT2D eigenvalue weighted by atomic mass is 10.1. The first-order chi connectivity index (χ1) is 14.5. The molecule has 30 heavy (non-hydrogen) atoms. The molecule has 1 saturated carbocycles. The number of fused-ring (bicyclic) bond motifs is 1. The van der Waals surface area contributed by atoms with Crippen LogP contribution in [0.15, 0.2) is 48.5 Å². The number of carbonyl (C=O) groups excluding carboxylic acids is 1. The van der Waals surface area contributed by atoms with Gasteiger partial charge in [0.2, 0.25) is 12.7 Å². The van der Waals surface area contributed by atoms with E-state index in [1.165, 1.54) is 5.56 Å². The number of hydrogen-bond acceptors (Lipinski definition) is 5. The standard InChI is InChI=1S/C24H27NO5/c1-24(2)29-14-18(30-24)13-25(12-16-8-9-21-22(10-16)28-15-27-21)23(26)20-11-19(20)17-6-4-3-5-7-17/h3-10,18-20H,11-15H2,1-2H3/t18-,19+,20-/m1/s1. The van der Waals surface area contributed by atoms with Crippen molar-refractivity contribution >= 4 is 5.91 Å². The van der Waals surface area contributed by atoms with E-state index in [1.54, 1.807) is 0 Å². The fourth-order valence-electron chi connectivity index (χ4n) is 4.36. The molecule has 6 nitrogen and oxygen atoms in total. The summed E-state index contributed by atoms with van der Waals surface area (Å²) in [5, 5.41) is 0. The molecule has 2 aromatic rings. The maximum absolute atomic E-state index is 13.5. The molecule has 6 heteroatoms. The van der Waals surface area contributed by atoms with Crippen molar-refractivity contribution in [2.75, 3.05) is 19.9 Å². The summed E-state index contributed by atoms with van der Waals surface area (Å²) in [4.78, 5) is 15.4. The van der Waals surface area contributed by atoms with Gasteiger partial charge in [-0.2, -0.15) is 0 Å². The van der Waals surface area contributed by atoms with Crippen LogP contribution in [0.1, 0.15) is 37.3 Å². The van der Waals surface area contributed by atoms with Crippen molar-refractivity contribution in [1.82, 2.24) is 4.90 Å². The molecule has 2 aromatic carbocycles. The van der Waals surface area contributed by atoms with Gasteiger partial charge in [0.15, 0.2) is 17.3 Å². The summed E-state index contributed by atoms with van der Waals surface area (Å²) < 4.78 is 22.6. The summed E-state index contributed by atoms with van der Waals surface area (Å²) in [6.45, 7) is 5.56. The molecule has 3 atom stereocenters. The van der Waals surface area contributed by atoms with Crippen LogP contribution in [0, 0.1) is 5.92 Å². The van der Waals surface area contributed by atoms with Gasteiger partial charge in [0.1, 0.15) is 6.10 Å². The molecule has 3 aliphatic rings. The van der Waals surface area contributed by atoms with Crippen LogP contribution < -0.4 is 9.47 Å². The SMILES string of the molecule is CC1(C)OC[C@@H](CN(Cc2ccc3c(c2)OCO3)C(=O)[C@@H]2C[C@H]2c2ccccc2)O1. The number of ether oxygens (including phenoxy) is 4. The third-order valence-corrected chi connectivity index (χ3v) is 5.95. The van der Waals surface area contributed by atoms with Gasteiger partial charge in [-0.3, -0.25) is 4.79 Å². The quantitative estimate of drug-likeness (QED) is 0.728. The van der Waals surface area contributed by atoms with E-state index in [1.807, 2.05) is 55.1 Å². The number of nitrogens with zero attached hydrogens (tertiary/aromatic N) is 1. The molecule has 1 amide bonds. The van der Waals surface area contributed by atoms with E-state index < -0.39 is 5.79 Å². The Morgan fingerprint density at radius 2 is 1.90 bits per heavy atom. The van der Waals surface area contributed by atoms with Gasteiger partial charge in [-0.05, 0) is 49.4 Å². The normalized spacial score (nSPS) is 25.9. The summed E-state index contributed by atoms with van der Waals surface area (Å²) in [6.07, 6.45) is 0.764. The van der Waals surface area contributed by atoms with Crippen LogP contribution in [0.5, 0.6) is 11.5 Å². The molecule has 2 heterocycles. The molecular weight excluding hydrogens is 382 g/mol. The molecular formula is C24H27NO5. The van der Waals surface area contributed by atoms with Crippen LogP contribution in [-0.2, 0) is 20.8 Å². The van der Waals surface area contributed by atoms with Crippen LogP contribution in [-0.4, -0.2) is 42.6 Å². The minimum absolute atomic E-state index is 0.0248. The summed E-state index contributed by atoms with van der Waals surface area (Å²) in [5.74, 6) is 1.37. The van der Waals surface area contributed by atoms with Crippen molar-refractivity contribution in [3.63, 3.8) is 0 Å². The average molecular weight is 409 g/mol. The number of rotatable bonds is 6. The Morgan fingerprint density at radius 1 is 1.10 bits per heavy atom. The lowest BCUT2D eigenvalue weighted by molar-refractivity contribution is -0.147. The second-order valence-electron chi connectivity index (χ2n) is 8.72. The third-order valence-electron chi connectivity index (χ3n) is 5.95. The van der Waals surface area contributed by atoms with Crippen LogP contribution in [0.4, 0.5) is 0 Å². The largest absolute Gasteiger partial charge is 0.454 e. The zero-order chi connectivity index (χ0) is 20.7. The maximum Gasteiger partial charge on any atom is 0.231 e. The van der Waals surface area contributed by atoms with Crippen molar-refractivity contribution in [3.8, 4) is 11.5 Å². The molecule has 0 aromatic heterocycles. The molecule has 2 fully saturated rings. The van der Waals surface area contributed by atoms with Crippen molar-refractivity contribution in [2.24, 2.45) is 5.92 Å². The second kappa shape index (κ2) is 7.60. The van der Waals surface area contributed by atoms with Gasteiger partial charge >= 0.3 is 0 Å². The van der Waals surface area contributed by atoms with Gasteiger partial charge in [0.25, 0.3) is 0 Å².